The van der Waals surface area contributed by atoms with Gasteiger partial charge >= 0.3 is 12.1 Å². The third-order valence-electron chi connectivity index (χ3n) is 4.74. The summed E-state index contributed by atoms with van der Waals surface area (Å²) in [6.07, 6.45) is -5.06. The highest BCUT2D eigenvalue weighted by Gasteiger charge is 2.49. The Bertz CT molecular complexity index is 1030. The fourth-order valence-electron chi connectivity index (χ4n) is 3.40. The van der Waals surface area contributed by atoms with Crippen LogP contribution in [0.15, 0.2) is 51.6 Å². The largest absolute Gasteiger partial charge is 0.463 e. The van der Waals surface area contributed by atoms with Crippen LogP contribution in [0.25, 0.3) is 0 Å². The summed E-state index contributed by atoms with van der Waals surface area (Å²) < 4.78 is 51.9. The standard InChI is InChI=1S/C21H21ClF3N3O4S/c1-3-32-19(30)16-17(13-6-4-5-7-14(13)22)28-12(10-15(29)26-8-9-31-2)11-33-20(28)27-18(16)21(23,24)25/h4-7,11,17H,3,8-10H2,1-2H3,(H,26,29)/t17-/m1/s1. The summed E-state index contributed by atoms with van der Waals surface area (Å²) in [5.74, 6) is -1.51. The van der Waals surface area contributed by atoms with Crippen LogP contribution in [0.1, 0.15) is 24.9 Å². The second kappa shape index (κ2) is 10.6. The molecule has 3 rings (SSSR count). The van der Waals surface area contributed by atoms with E-state index in [1.165, 1.54) is 31.1 Å². The fraction of sp³-hybridized carbons (Fsp3) is 0.381. The molecule has 0 radical (unpaired) electrons. The molecule has 0 bridgehead atoms. The van der Waals surface area contributed by atoms with Crippen LogP contribution < -0.4 is 5.32 Å². The number of carbonyl (C=O) groups is 2. The molecule has 12 heteroatoms. The number of esters is 1. The topological polar surface area (TPSA) is 80.2 Å². The van der Waals surface area contributed by atoms with Crippen molar-refractivity contribution in [3.8, 4) is 0 Å². The van der Waals surface area contributed by atoms with Crippen molar-refractivity contribution in [2.24, 2.45) is 4.99 Å². The third-order valence-corrected chi connectivity index (χ3v) is 5.98. The Kier molecular flexibility index (Phi) is 8.09. The Hall–Kier alpha value is -2.50. The van der Waals surface area contributed by atoms with Crippen molar-refractivity contribution in [1.82, 2.24) is 10.2 Å². The molecule has 0 fully saturated rings. The quantitative estimate of drug-likeness (QED) is 0.423. The molecule has 1 N–H and O–H groups in total. The van der Waals surface area contributed by atoms with Gasteiger partial charge in [0.25, 0.3) is 0 Å². The Balaban J connectivity index is 2.10. The molecular formula is C21H21ClF3N3O4S. The minimum atomic E-state index is -4.92. The van der Waals surface area contributed by atoms with Crippen LogP contribution in [-0.4, -0.2) is 55.0 Å². The Labute approximate surface area is 197 Å². The highest BCUT2D eigenvalue weighted by molar-refractivity contribution is 8.16. The summed E-state index contributed by atoms with van der Waals surface area (Å²) in [7, 11) is 1.49. The number of carbonyl (C=O) groups excluding carboxylic acids is 2. The average molecular weight is 504 g/mol. The first-order chi connectivity index (χ1) is 15.7. The van der Waals surface area contributed by atoms with Crippen molar-refractivity contribution >= 4 is 40.4 Å². The Morgan fingerprint density at radius 2 is 2.03 bits per heavy atom. The number of halogens is 4. The number of amides is 1. The van der Waals surface area contributed by atoms with Crippen LogP contribution >= 0.6 is 23.4 Å². The molecule has 7 nitrogen and oxygen atoms in total. The molecule has 0 saturated heterocycles. The van der Waals surface area contributed by atoms with Crippen molar-refractivity contribution in [1.29, 1.82) is 0 Å². The lowest BCUT2D eigenvalue weighted by atomic mass is 9.93. The van der Waals surface area contributed by atoms with Crippen LogP contribution in [0.5, 0.6) is 0 Å². The van der Waals surface area contributed by atoms with Crippen LogP contribution in [0, 0.1) is 0 Å². The molecule has 0 aromatic heterocycles. The first-order valence-electron chi connectivity index (χ1n) is 9.91. The third kappa shape index (κ3) is 5.53. The van der Waals surface area contributed by atoms with E-state index in [0.29, 0.717) is 12.3 Å². The summed E-state index contributed by atoms with van der Waals surface area (Å²) >= 11 is 7.29. The highest BCUT2D eigenvalue weighted by atomic mass is 35.5. The molecular weight excluding hydrogens is 483 g/mol. The fourth-order valence-corrected chi connectivity index (χ4v) is 4.56. The molecule has 2 aliphatic heterocycles. The zero-order chi connectivity index (χ0) is 24.2. The summed E-state index contributed by atoms with van der Waals surface area (Å²) in [6, 6.07) is 4.99. The van der Waals surface area contributed by atoms with E-state index in [1.54, 1.807) is 17.5 Å². The van der Waals surface area contributed by atoms with E-state index in [1.807, 2.05) is 0 Å². The predicted octanol–water partition coefficient (Wildman–Crippen LogP) is 4.17. The van der Waals surface area contributed by atoms with E-state index in [4.69, 9.17) is 21.1 Å². The van der Waals surface area contributed by atoms with Crippen LogP contribution in [0.3, 0.4) is 0 Å². The minimum Gasteiger partial charge on any atom is -0.463 e. The van der Waals surface area contributed by atoms with Gasteiger partial charge in [0.2, 0.25) is 5.91 Å². The van der Waals surface area contributed by atoms with Gasteiger partial charge < -0.3 is 19.7 Å². The molecule has 33 heavy (non-hydrogen) atoms. The molecule has 2 aliphatic rings. The molecule has 1 amide bonds. The van der Waals surface area contributed by atoms with Gasteiger partial charge in [-0.05, 0) is 24.0 Å². The number of fused-ring (bicyclic) bond motifs is 1. The number of ether oxygens (including phenoxy) is 2. The second-order valence-corrected chi connectivity index (χ2v) is 8.16. The Morgan fingerprint density at radius 3 is 2.67 bits per heavy atom. The lowest BCUT2D eigenvalue weighted by Gasteiger charge is -2.37. The molecule has 1 aromatic carbocycles. The van der Waals surface area contributed by atoms with Crippen molar-refractivity contribution in [2.75, 3.05) is 26.9 Å². The number of rotatable bonds is 8. The molecule has 1 aromatic rings. The van der Waals surface area contributed by atoms with Gasteiger partial charge in [0.15, 0.2) is 10.9 Å². The predicted molar refractivity (Wildman–Crippen MR) is 118 cm³/mol. The van der Waals surface area contributed by atoms with Gasteiger partial charge in [-0.3, -0.25) is 4.79 Å². The smallest absolute Gasteiger partial charge is 0.434 e. The molecule has 0 spiro atoms. The summed E-state index contributed by atoms with van der Waals surface area (Å²) in [5.41, 5.74) is -1.40. The minimum absolute atomic E-state index is 0.0139. The number of thioether (sulfide) groups is 1. The van der Waals surface area contributed by atoms with Gasteiger partial charge in [-0.25, -0.2) is 9.79 Å². The van der Waals surface area contributed by atoms with E-state index >= 15 is 0 Å². The number of nitrogens with zero attached hydrogens (tertiary/aromatic N) is 2. The number of methoxy groups -OCH3 is 1. The van der Waals surface area contributed by atoms with Crippen LogP contribution in [0.4, 0.5) is 13.2 Å². The maximum atomic E-state index is 14.0. The second-order valence-electron chi connectivity index (χ2n) is 6.92. The number of aliphatic imine (C=N–C) groups is 1. The van der Waals surface area contributed by atoms with Crippen molar-refractivity contribution in [3.63, 3.8) is 0 Å². The van der Waals surface area contributed by atoms with E-state index in [2.05, 4.69) is 10.3 Å². The van der Waals surface area contributed by atoms with E-state index in [9.17, 15) is 22.8 Å². The number of amidine groups is 1. The number of allylic oxidation sites excluding steroid dienone is 1. The number of alkyl halides is 3. The summed E-state index contributed by atoms with van der Waals surface area (Å²) in [6.45, 7) is 1.95. The molecule has 0 unspecified atom stereocenters. The normalized spacial score (nSPS) is 18.0. The first kappa shape index (κ1) is 25.1. The van der Waals surface area contributed by atoms with Gasteiger partial charge in [0.05, 0.1) is 31.2 Å². The van der Waals surface area contributed by atoms with Crippen LogP contribution in [-0.2, 0) is 19.1 Å². The summed E-state index contributed by atoms with van der Waals surface area (Å²) in [4.78, 5) is 30.4. The van der Waals surface area contributed by atoms with E-state index < -0.39 is 29.5 Å². The molecule has 178 valence electrons. The van der Waals surface area contributed by atoms with Crippen molar-refractivity contribution in [2.45, 2.75) is 25.6 Å². The van der Waals surface area contributed by atoms with E-state index in [0.717, 1.165) is 11.8 Å². The molecule has 2 heterocycles. The lowest BCUT2D eigenvalue weighted by Crippen LogP contribution is -2.40. The average Bonchev–Trinajstić information content (AvgIpc) is 3.15. The van der Waals surface area contributed by atoms with Gasteiger partial charge in [-0.15, -0.1) is 0 Å². The van der Waals surface area contributed by atoms with Gasteiger partial charge in [0.1, 0.15) is 0 Å². The number of hydrogen-bond acceptors (Lipinski definition) is 7. The molecule has 1 atom stereocenters. The van der Waals surface area contributed by atoms with Crippen molar-refractivity contribution < 1.29 is 32.2 Å². The maximum absolute atomic E-state index is 14.0. The zero-order valence-electron chi connectivity index (χ0n) is 17.7. The number of benzene rings is 1. The first-order valence-corrected chi connectivity index (χ1v) is 11.2. The van der Waals surface area contributed by atoms with Crippen molar-refractivity contribution in [3.05, 3.63) is 57.2 Å². The lowest BCUT2D eigenvalue weighted by molar-refractivity contribution is -0.140. The molecule has 0 saturated carbocycles. The number of nitrogens with one attached hydrogen (secondary N) is 1. The van der Waals surface area contributed by atoms with Crippen LogP contribution in [0.2, 0.25) is 5.02 Å². The van der Waals surface area contributed by atoms with E-state index in [-0.39, 0.29) is 41.2 Å². The van der Waals surface area contributed by atoms with Gasteiger partial charge in [0, 0.05) is 24.4 Å². The monoisotopic (exact) mass is 503 g/mol. The number of hydrogen-bond donors (Lipinski definition) is 1. The Morgan fingerprint density at radius 1 is 1.30 bits per heavy atom. The maximum Gasteiger partial charge on any atom is 0.434 e. The van der Waals surface area contributed by atoms with Gasteiger partial charge in [-0.1, -0.05) is 41.6 Å². The molecule has 0 aliphatic carbocycles. The van der Waals surface area contributed by atoms with Gasteiger partial charge in [-0.2, -0.15) is 13.2 Å². The highest BCUT2D eigenvalue weighted by Crippen LogP contribution is 2.49. The SMILES string of the molecule is CCOC(=O)C1=C(C(F)(F)F)N=C2SC=C(CC(=O)NCCOC)N2[C@@H]1c1ccccc1Cl. The summed E-state index contributed by atoms with van der Waals surface area (Å²) in [5, 5.41) is 4.36. The zero-order valence-corrected chi connectivity index (χ0v) is 19.3.